The topological polar surface area (TPSA) is 49.6 Å². The van der Waals surface area contributed by atoms with Crippen LogP contribution in [0.1, 0.15) is 30.5 Å². The highest BCUT2D eigenvalue weighted by Gasteiger charge is 2.28. The minimum atomic E-state index is -0.00564. The molecule has 0 aromatic heterocycles. The molecule has 1 heterocycles. The third kappa shape index (κ3) is 3.38. The Hall–Kier alpha value is -1.39. The molecule has 1 saturated heterocycles. The van der Waals surface area contributed by atoms with Crippen molar-refractivity contribution >= 4 is 5.91 Å². The fourth-order valence-electron chi connectivity index (χ4n) is 2.86. The summed E-state index contributed by atoms with van der Waals surface area (Å²) in [5.74, 6) is 0.181. The monoisotopic (exact) mass is 275 g/mol. The summed E-state index contributed by atoms with van der Waals surface area (Å²) < 4.78 is 0. The van der Waals surface area contributed by atoms with Gasteiger partial charge in [0, 0.05) is 26.2 Å². The first-order valence-corrected chi connectivity index (χ1v) is 7.29. The molecule has 2 unspecified atom stereocenters. The summed E-state index contributed by atoms with van der Waals surface area (Å²) in [4.78, 5) is 16.1. The second-order valence-electron chi connectivity index (χ2n) is 5.85. The van der Waals surface area contributed by atoms with Crippen LogP contribution in [0.5, 0.6) is 0 Å². The molecule has 110 valence electrons. The molecule has 0 radical (unpaired) electrons. The molecule has 1 aromatic rings. The van der Waals surface area contributed by atoms with Gasteiger partial charge < -0.3 is 10.6 Å². The van der Waals surface area contributed by atoms with Crippen LogP contribution in [0.2, 0.25) is 0 Å². The van der Waals surface area contributed by atoms with Crippen LogP contribution in [0.3, 0.4) is 0 Å². The lowest BCUT2D eigenvalue weighted by Gasteiger charge is -2.33. The Morgan fingerprint density at radius 1 is 1.20 bits per heavy atom. The number of hydrogen-bond donors (Lipinski definition) is 1. The van der Waals surface area contributed by atoms with Crippen LogP contribution in [0.25, 0.3) is 0 Å². The maximum absolute atomic E-state index is 12.1. The van der Waals surface area contributed by atoms with E-state index in [2.05, 4.69) is 36.1 Å². The van der Waals surface area contributed by atoms with Crippen molar-refractivity contribution in [1.82, 2.24) is 9.80 Å². The number of carbonyl (C=O) groups excluding carboxylic acids is 1. The molecule has 0 bridgehead atoms. The van der Waals surface area contributed by atoms with Crippen molar-refractivity contribution in [3.05, 3.63) is 35.4 Å². The van der Waals surface area contributed by atoms with Crippen molar-refractivity contribution < 1.29 is 4.79 Å². The van der Waals surface area contributed by atoms with Gasteiger partial charge in [0.1, 0.15) is 0 Å². The molecule has 1 fully saturated rings. The van der Waals surface area contributed by atoms with Crippen LogP contribution >= 0.6 is 0 Å². The maximum atomic E-state index is 12.1. The van der Waals surface area contributed by atoms with Crippen molar-refractivity contribution in [2.45, 2.75) is 32.4 Å². The zero-order valence-corrected chi connectivity index (χ0v) is 12.7. The molecule has 1 amide bonds. The highest BCUT2D eigenvalue weighted by Crippen LogP contribution is 2.25. The van der Waals surface area contributed by atoms with Gasteiger partial charge in [-0.05, 0) is 25.8 Å². The summed E-state index contributed by atoms with van der Waals surface area (Å²) in [6.07, 6.45) is 0.997. The van der Waals surface area contributed by atoms with E-state index >= 15 is 0 Å². The minimum Gasteiger partial charge on any atom is -0.345 e. The number of rotatable bonds is 3. The van der Waals surface area contributed by atoms with Crippen LogP contribution in [0.4, 0.5) is 0 Å². The number of amides is 1. The molecule has 0 aliphatic carbocycles. The van der Waals surface area contributed by atoms with E-state index in [1.165, 1.54) is 11.1 Å². The number of nitrogens with two attached hydrogens (primary N) is 1. The number of carbonyl (C=O) groups is 1. The SMILES string of the molecule is Cc1ccc(C(C(C)N)N2CCCN(C)C(=O)C2)cc1. The number of aryl methyl sites for hydroxylation is 1. The third-order valence-electron chi connectivity index (χ3n) is 4.01. The van der Waals surface area contributed by atoms with Gasteiger partial charge in [-0.25, -0.2) is 0 Å². The smallest absolute Gasteiger partial charge is 0.236 e. The Morgan fingerprint density at radius 3 is 2.45 bits per heavy atom. The van der Waals surface area contributed by atoms with Gasteiger partial charge >= 0.3 is 0 Å². The molecule has 0 spiro atoms. The number of nitrogens with zero attached hydrogens (tertiary/aromatic N) is 2. The molecule has 4 nitrogen and oxygen atoms in total. The first-order valence-electron chi connectivity index (χ1n) is 7.29. The van der Waals surface area contributed by atoms with Crippen molar-refractivity contribution in [2.75, 3.05) is 26.7 Å². The van der Waals surface area contributed by atoms with Gasteiger partial charge in [-0.15, -0.1) is 0 Å². The van der Waals surface area contributed by atoms with E-state index in [-0.39, 0.29) is 18.0 Å². The lowest BCUT2D eigenvalue weighted by molar-refractivity contribution is -0.130. The molecule has 1 aliphatic rings. The van der Waals surface area contributed by atoms with Gasteiger partial charge in [0.2, 0.25) is 5.91 Å². The van der Waals surface area contributed by atoms with E-state index in [9.17, 15) is 4.79 Å². The number of benzene rings is 1. The maximum Gasteiger partial charge on any atom is 0.236 e. The normalized spacial score (nSPS) is 20.6. The van der Waals surface area contributed by atoms with Crippen molar-refractivity contribution in [1.29, 1.82) is 0 Å². The van der Waals surface area contributed by atoms with Gasteiger partial charge in [-0.3, -0.25) is 9.69 Å². The molecule has 2 rings (SSSR count). The number of hydrogen-bond acceptors (Lipinski definition) is 3. The molecule has 2 atom stereocenters. The van der Waals surface area contributed by atoms with Crippen LogP contribution in [-0.2, 0) is 4.79 Å². The molecular weight excluding hydrogens is 250 g/mol. The summed E-state index contributed by atoms with van der Waals surface area (Å²) in [5, 5.41) is 0. The van der Waals surface area contributed by atoms with Gasteiger partial charge in [0.25, 0.3) is 0 Å². The zero-order chi connectivity index (χ0) is 14.7. The van der Waals surface area contributed by atoms with Crippen molar-refractivity contribution in [3.8, 4) is 0 Å². The quantitative estimate of drug-likeness (QED) is 0.910. The minimum absolute atomic E-state index is 0.00564. The molecule has 0 saturated carbocycles. The first kappa shape index (κ1) is 15.0. The Bertz CT molecular complexity index is 455. The lowest BCUT2D eigenvalue weighted by atomic mass is 9.98. The van der Waals surface area contributed by atoms with Gasteiger partial charge in [0.05, 0.1) is 12.6 Å². The van der Waals surface area contributed by atoms with Crippen LogP contribution in [0.15, 0.2) is 24.3 Å². The van der Waals surface area contributed by atoms with E-state index in [1.54, 1.807) is 0 Å². The van der Waals surface area contributed by atoms with E-state index in [0.717, 1.165) is 19.5 Å². The van der Waals surface area contributed by atoms with Crippen molar-refractivity contribution in [2.24, 2.45) is 5.73 Å². The highest BCUT2D eigenvalue weighted by atomic mass is 16.2. The highest BCUT2D eigenvalue weighted by molar-refractivity contribution is 5.78. The summed E-state index contributed by atoms with van der Waals surface area (Å²) >= 11 is 0. The molecule has 2 N–H and O–H groups in total. The lowest BCUT2D eigenvalue weighted by Crippen LogP contribution is -2.43. The Kier molecular flexibility index (Phi) is 4.78. The van der Waals surface area contributed by atoms with E-state index in [1.807, 2.05) is 18.9 Å². The molecular formula is C16H25N3O. The second kappa shape index (κ2) is 6.37. The number of likely N-dealkylation sites (N-methyl/N-ethyl adjacent to an activating group) is 1. The van der Waals surface area contributed by atoms with E-state index < -0.39 is 0 Å². The van der Waals surface area contributed by atoms with Gasteiger partial charge in [0.15, 0.2) is 0 Å². The standard InChI is InChI=1S/C16H25N3O/c1-12-5-7-14(8-6-12)16(13(2)17)19-10-4-9-18(3)15(20)11-19/h5-8,13,16H,4,9-11,17H2,1-3H3. The predicted molar refractivity (Wildman–Crippen MR) is 81.4 cm³/mol. The van der Waals surface area contributed by atoms with Crippen LogP contribution < -0.4 is 5.73 Å². The third-order valence-corrected chi connectivity index (χ3v) is 4.01. The summed E-state index contributed by atoms with van der Waals surface area (Å²) in [5.41, 5.74) is 8.64. The average Bonchev–Trinajstić information content (AvgIpc) is 2.55. The average molecular weight is 275 g/mol. The first-order chi connectivity index (χ1) is 9.49. The molecule has 1 aromatic carbocycles. The van der Waals surface area contributed by atoms with Gasteiger partial charge in [-0.2, -0.15) is 0 Å². The predicted octanol–water partition coefficient (Wildman–Crippen LogP) is 1.55. The Morgan fingerprint density at radius 2 is 1.85 bits per heavy atom. The Balaban J connectivity index is 2.24. The largest absolute Gasteiger partial charge is 0.345 e. The van der Waals surface area contributed by atoms with Crippen LogP contribution in [-0.4, -0.2) is 48.4 Å². The summed E-state index contributed by atoms with van der Waals surface area (Å²) in [6.45, 7) is 6.29. The molecule has 1 aliphatic heterocycles. The van der Waals surface area contributed by atoms with Crippen molar-refractivity contribution in [3.63, 3.8) is 0 Å². The molecule has 20 heavy (non-hydrogen) atoms. The Labute approximate surface area is 121 Å². The van der Waals surface area contributed by atoms with Crippen LogP contribution in [0, 0.1) is 6.92 Å². The van der Waals surface area contributed by atoms with Gasteiger partial charge in [-0.1, -0.05) is 29.8 Å². The van der Waals surface area contributed by atoms with E-state index in [0.29, 0.717) is 6.54 Å². The molecule has 4 heteroatoms. The van der Waals surface area contributed by atoms with E-state index in [4.69, 9.17) is 5.73 Å². The fraction of sp³-hybridized carbons (Fsp3) is 0.562. The fourth-order valence-corrected chi connectivity index (χ4v) is 2.86. The second-order valence-corrected chi connectivity index (χ2v) is 5.85. The summed E-state index contributed by atoms with van der Waals surface area (Å²) in [7, 11) is 1.87. The summed E-state index contributed by atoms with van der Waals surface area (Å²) in [6, 6.07) is 8.57. The zero-order valence-electron chi connectivity index (χ0n) is 12.7.